The van der Waals surface area contributed by atoms with Crippen LogP contribution >= 0.6 is 0 Å². The number of carbonyl (C=O) groups is 1. The second kappa shape index (κ2) is 3.25. The van der Waals surface area contributed by atoms with Gasteiger partial charge in [-0.3, -0.25) is 4.79 Å². The third-order valence-corrected chi connectivity index (χ3v) is 3.41. The minimum absolute atomic E-state index is 0.244. The number of nitrogens with zero attached hydrogens (tertiary/aromatic N) is 1. The second-order valence-corrected chi connectivity index (χ2v) is 6.08. The average Bonchev–Trinajstić information content (AvgIpc) is 2.55. The molecular formula is C12H21NO. The zero-order valence-electron chi connectivity index (χ0n) is 9.55. The van der Waals surface area contributed by atoms with Crippen molar-refractivity contribution in [2.24, 2.45) is 17.3 Å². The SMILES string of the molecule is CC(C)(C)CN1CC2CCCC2C1=O. The average molecular weight is 195 g/mol. The van der Waals surface area contributed by atoms with Crippen molar-refractivity contribution >= 4 is 5.91 Å². The molecule has 14 heavy (non-hydrogen) atoms. The maximum Gasteiger partial charge on any atom is 0.226 e. The first-order valence-electron chi connectivity index (χ1n) is 5.76. The van der Waals surface area contributed by atoms with E-state index >= 15 is 0 Å². The summed E-state index contributed by atoms with van der Waals surface area (Å²) in [5.41, 5.74) is 0.244. The molecule has 2 unspecified atom stereocenters. The van der Waals surface area contributed by atoms with Crippen LogP contribution in [0.4, 0.5) is 0 Å². The topological polar surface area (TPSA) is 20.3 Å². The van der Waals surface area contributed by atoms with E-state index in [1.54, 1.807) is 0 Å². The molecule has 2 heteroatoms. The first-order chi connectivity index (χ1) is 6.47. The Morgan fingerprint density at radius 3 is 2.64 bits per heavy atom. The quantitative estimate of drug-likeness (QED) is 0.628. The van der Waals surface area contributed by atoms with Crippen LogP contribution in [0, 0.1) is 17.3 Å². The van der Waals surface area contributed by atoms with Crippen LogP contribution in [0.5, 0.6) is 0 Å². The number of hydrogen-bond donors (Lipinski definition) is 0. The van der Waals surface area contributed by atoms with Crippen LogP contribution in [0.3, 0.4) is 0 Å². The summed E-state index contributed by atoms with van der Waals surface area (Å²) in [5, 5.41) is 0. The fourth-order valence-corrected chi connectivity index (χ4v) is 2.90. The van der Waals surface area contributed by atoms with Crippen molar-refractivity contribution in [2.45, 2.75) is 40.0 Å². The molecule has 0 aromatic heterocycles. The maximum absolute atomic E-state index is 12.0. The van der Waals surface area contributed by atoms with Gasteiger partial charge in [0.05, 0.1) is 0 Å². The van der Waals surface area contributed by atoms with Crippen LogP contribution < -0.4 is 0 Å². The number of amides is 1. The molecule has 2 nitrogen and oxygen atoms in total. The van der Waals surface area contributed by atoms with E-state index in [4.69, 9.17) is 0 Å². The molecule has 80 valence electrons. The summed E-state index contributed by atoms with van der Waals surface area (Å²) < 4.78 is 0. The zero-order chi connectivity index (χ0) is 10.3. The van der Waals surface area contributed by atoms with E-state index in [0.717, 1.165) is 19.5 Å². The fourth-order valence-electron chi connectivity index (χ4n) is 2.90. The molecule has 0 bridgehead atoms. The highest BCUT2D eigenvalue weighted by atomic mass is 16.2. The monoisotopic (exact) mass is 195 g/mol. The predicted molar refractivity (Wildman–Crippen MR) is 56.9 cm³/mol. The molecule has 1 saturated carbocycles. The second-order valence-electron chi connectivity index (χ2n) is 6.08. The van der Waals surface area contributed by atoms with Gasteiger partial charge >= 0.3 is 0 Å². The van der Waals surface area contributed by atoms with Crippen LogP contribution in [0.1, 0.15) is 40.0 Å². The maximum atomic E-state index is 12.0. The summed E-state index contributed by atoms with van der Waals surface area (Å²) in [6.07, 6.45) is 3.69. The van der Waals surface area contributed by atoms with Gasteiger partial charge in [0.1, 0.15) is 0 Å². The van der Waals surface area contributed by atoms with Crippen molar-refractivity contribution in [1.82, 2.24) is 4.90 Å². The molecule has 1 aliphatic heterocycles. The van der Waals surface area contributed by atoms with Crippen molar-refractivity contribution in [1.29, 1.82) is 0 Å². The Hall–Kier alpha value is -0.530. The first kappa shape index (κ1) is 10.0. The van der Waals surface area contributed by atoms with Gasteiger partial charge in [-0.2, -0.15) is 0 Å². The highest BCUT2D eigenvalue weighted by Crippen LogP contribution is 2.39. The van der Waals surface area contributed by atoms with E-state index < -0.39 is 0 Å². The lowest BCUT2D eigenvalue weighted by Gasteiger charge is -2.27. The van der Waals surface area contributed by atoms with E-state index in [9.17, 15) is 4.79 Å². The molecule has 0 aromatic rings. The molecule has 2 atom stereocenters. The van der Waals surface area contributed by atoms with Gasteiger partial charge in [-0.1, -0.05) is 27.2 Å². The van der Waals surface area contributed by atoms with E-state index in [0.29, 0.717) is 17.7 Å². The minimum atomic E-state index is 0.244. The predicted octanol–water partition coefficient (Wildman–Crippen LogP) is 2.29. The Bertz CT molecular complexity index is 241. The zero-order valence-corrected chi connectivity index (χ0v) is 9.55. The Morgan fingerprint density at radius 2 is 2.07 bits per heavy atom. The highest BCUT2D eigenvalue weighted by Gasteiger charge is 2.43. The number of rotatable bonds is 1. The molecule has 2 fully saturated rings. The molecule has 1 amide bonds. The Morgan fingerprint density at radius 1 is 1.36 bits per heavy atom. The summed E-state index contributed by atoms with van der Waals surface area (Å²) in [5.74, 6) is 1.50. The number of carbonyl (C=O) groups excluding carboxylic acids is 1. The number of hydrogen-bond acceptors (Lipinski definition) is 1. The largest absolute Gasteiger partial charge is 0.342 e. The van der Waals surface area contributed by atoms with Crippen LogP contribution in [0.25, 0.3) is 0 Å². The molecule has 1 saturated heterocycles. The fraction of sp³-hybridized carbons (Fsp3) is 0.917. The Kier molecular flexibility index (Phi) is 2.32. The van der Waals surface area contributed by atoms with Crippen LogP contribution in [-0.4, -0.2) is 23.9 Å². The summed E-state index contributed by atoms with van der Waals surface area (Å²) in [7, 11) is 0. The molecule has 0 aromatic carbocycles. The van der Waals surface area contributed by atoms with Gasteiger partial charge in [0, 0.05) is 19.0 Å². The Balaban J connectivity index is 2.00. The van der Waals surface area contributed by atoms with Crippen molar-refractivity contribution in [3.05, 3.63) is 0 Å². The van der Waals surface area contributed by atoms with Gasteiger partial charge in [0.2, 0.25) is 5.91 Å². The van der Waals surface area contributed by atoms with E-state index in [1.807, 2.05) is 0 Å². The summed E-state index contributed by atoms with van der Waals surface area (Å²) in [6.45, 7) is 8.57. The normalized spacial score (nSPS) is 32.5. The molecule has 1 aliphatic carbocycles. The summed E-state index contributed by atoms with van der Waals surface area (Å²) in [4.78, 5) is 14.1. The minimum Gasteiger partial charge on any atom is -0.342 e. The van der Waals surface area contributed by atoms with Crippen LogP contribution in [-0.2, 0) is 4.79 Å². The Labute approximate surface area is 86.7 Å². The lowest BCUT2D eigenvalue weighted by molar-refractivity contribution is -0.132. The third kappa shape index (κ3) is 1.79. The van der Waals surface area contributed by atoms with Crippen molar-refractivity contribution in [3.63, 3.8) is 0 Å². The smallest absolute Gasteiger partial charge is 0.226 e. The summed E-state index contributed by atoms with van der Waals surface area (Å²) in [6, 6.07) is 0. The number of likely N-dealkylation sites (tertiary alicyclic amines) is 1. The lowest BCUT2D eigenvalue weighted by Crippen LogP contribution is -2.35. The van der Waals surface area contributed by atoms with Crippen LogP contribution in [0.15, 0.2) is 0 Å². The number of fused-ring (bicyclic) bond motifs is 1. The van der Waals surface area contributed by atoms with Gasteiger partial charge in [-0.15, -0.1) is 0 Å². The van der Waals surface area contributed by atoms with Crippen molar-refractivity contribution in [3.8, 4) is 0 Å². The summed E-state index contributed by atoms with van der Waals surface area (Å²) >= 11 is 0. The molecule has 0 spiro atoms. The molecule has 2 aliphatic rings. The van der Waals surface area contributed by atoms with Gasteiger partial charge in [-0.25, -0.2) is 0 Å². The van der Waals surface area contributed by atoms with E-state index in [1.165, 1.54) is 12.8 Å². The lowest BCUT2D eigenvalue weighted by atomic mass is 9.96. The van der Waals surface area contributed by atoms with Gasteiger partial charge < -0.3 is 4.90 Å². The highest BCUT2D eigenvalue weighted by molar-refractivity contribution is 5.81. The molecule has 0 N–H and O–H groups in total. The molecule has 1 heterocycles. The van der Waals surface area contributed by atoms with E-state index in [2.05, 4.69) is 25.7 Å². The molecule has 2 rings (SSSR count). The van der Waals surface area contributed by atoms with Crippen molar-refractivity contribution < 1.29 is 4.79 Å². The van der Waals surface area contributed by atoms with Gasteiger partial charge in [-0.05, 0) is 24.2 Å². The van der Waals surface area contributed by atoms with Crippen molar-refractivity contribution in [2.75, 3.05) is 13.1 Å². The molecule has 0 radical (unpaired) electrons. The third-order valence-electron chi connectivity index (χ3n) is 3.41. The van der Waals surface area contributed by atoms with Crippen LogP contribution in [0.2, 0.25) is 0 Å². The first-order valence-corrected chi connectivity index (χ1v) is 5.76. The standard InChI is InChI=1S/C12H21NO/c1-12(2,3)8-13-7-9-5-4-6-10(9)11(13)14/h9-10H,4-8H2,1-3H3. The van der Waals surface area contributed by atoms with Gasteiger partial charge in [0.15, 0.2) is 0 Å². The molecular weight excluding hydrogens is 174 g/mol. The van der Waals surface area contributed by atoms with E-state index in [-0.39, 0.29) is 5.41 Å². The van der Waals surface area contributed by atoms with Gasteiger partial charge in [0.25, 0.3) is 0 Å².